The van der Waals surface area contributed by atoms with Crippen molar-refractivity contribution in [2.24, 2.45) is 5.73 Å². The molecule has 124 valence electrons. The number of nitrogens with two attached hydrogens (primary N) is 1. The van der Waals surface area contributed by atoms with Crippen molar-refractivity contribution in [2.75, 3.05) is 6.54 Å². The van der Waals surface area contributed by atoms with Crippen molar-refractivity contribution in [1.82, 2.24) is 9.88 Å². The molecule has 0 saturated carbocycles. The standard InChI is InChI=1S/C17H21N3OS.ClH/c1-11-16(22-10-19-11)14-7-5-13(6-8-14)12(2)20-9-3-4-15(20)17(18)21;/h5-8,10,12,15H,3-4,9H2,1-2H3,(H2,18,21);1H/t12-,15?;/m0./s1. The quantitative estimate of drug-likeness (QED) is 0.916. The summed E-state index contributed by atoms with van der Waals surface area (Å²) in [6.07, 6.45) is 1.91. The molecular weight excluding hydrogens is 330 g/mol. The molecule has 0 bridgehead atoms. The van der Waals surface area contributed by atoms with Crippen LogP contribution < -0.4 is 5.73 Å². The van der Waals surface area contributed by atoms with Crippen LogP contribution in [0.1, 0.15) is 37.1 Å². The summed E-state index contributed by atoms with van der Waals surface area (Å²) in [6, 6.07) is 8.66. The van der Waals surface area contributed by atoms with Gasteiger partial charge >= 0.3 is 0 Å². The Bertz CT molecular complexity index is 671. The monoisotopic (exact) mass is 351 g/mol. The first kappa shape index (κ1) is 17.9. The van der Waals surface area contributed by atoms with E-state index in [1.54, 1.807) is 11.3 Å². The largest absolute Gasteiger partial charge is 0.368 e. The fraction of sp³-hybridized carbons (Fsp3) is 0.412. The smallest absolute Gasteiger partial charge is 0.234 e. The van der Waals surface area contributed by atoms with E-state index in [2.05, 4.69) is 41.1 Å². The Morgan fingerprint density at radius 2 is 2.09 bits per heavy atom. The number of amides is 1. The fourth-order valence-corrected chi connectivity index (χ4v) is 4.05. The maximum atomic E-state index is 11.6. The second kappa shape index (κ2) is 7.43. The van der Waals surface area contributed by atoms with Gasteiger partial charge in [0.1, 0.15) is 0 Å². The molecule has 3 rings (SSSR count). The van der Waals surface area contributed by atoms with Crippen LogP contribution in [0.2, 0.25) is 0 Å². The van der Waals surface area contributed by atoms with Gasteiger partial charge in [-0.1, -0.05) is 24.3 Å². The number of hydrogen-bond donors (Lipinski definition) is 1. The van der Waals surface area contributed by atoms with Crippen molar-refractivity contribution in [3.8, 4) is 10.4 Å². The molecule has 1 aromatic carbocycles. The lowest BCUT2D eigenvalue weighted by molar-refractivity contribution is -0.122. The lowest BCUT2D eigenvalue weighted by atomic mass is 10.0. The van der Waals surface area contributed by atoms with E-state index in [0.29, 0.717) is 0 Å². The van der Waals surface area contributed by atoms with E-state index in [4.69, 9.17) is 5.73 Å². The number of likely N-dealkylation sites (tertiary alicyclic amines) is 1. The topological polar surface area (TPSA) is 59.2 Å². The van der Waals surface area contributed by atoms with Crippen LogP contribution in [0.4, 0.5) is 0 Å². The van der Waals surface area contributed by atoms with Gasteiger partial charge in [0, 0.05) is 6.04 Å². The van der Waals surface area contributed by atoms with Gasteiger partial charge in [0.2, 0.25) is 5.91 Å². The number of hydrogen-bond acceptors (Lipinski definition) is 4. The predicted molar refractivity (Wildman–Crippen MR) is 96.9 cm³/mol. The van der Waals surface area contributed by atoms with E-state index in [1.807, 2.05) is 12.4 Å². The van der Waals surface area contributed by atoms with E-state index < -0.39 is 0 Å². The van der Waals surface area contributed by atoms with Crippen LogP contribution in [-0.4, -0.2) is 28.4 Å². The van der Waals surface area contributed by atoms with Crippen molar-refractivity contribution in [3.63, 3.8) is 0 Å². The highest BCUT2D eigenvalue weighted by Crippen LogP contribution is 2.32. The van der Waals surface area contributed by atoms with Gasteiger partial charge in [0.05, 0.1) is 22.1 Å². The number of nitrogens with zero attached hydrogens (tertiary/aromatic N) is 2. The Kier molecular flexibility index (Phi) is 5.79. The summed E-state index contributed by atoms with van der Waals surface area (Å²) in [5, 5.41) is 0. The Hall–Kier alpha value is -1.43. The van der Waals surface area contributed by atoms with E-state index in [-0.39, 0.29) is 30.4 Å². The van der Waals surface area contributed by atoms with E-state index in [9.17, 15) is 4.79 Å². The zero-order chi connectivity index (χ0) is 15.7. The predicted octanol–water partition coefficient (Wildman–Crippen LogP) is 3.55. The molecule has 1 unspecified atom stereocenters. The van der Waals surface area contributed by atoms with Gasteiger partial charge in [-0.25, -0.2) is 4.98 Å². The summed E-state index contributed by atoms with van der Waals surface area (Å²) < 4.78 is 0. The van der Waals surface area contributed by atoms with Crippen LogP contribution >= 0.6 is 23.7 Å². The summed E-state index contributed by atoms with van der Waals surface area (Å²) >= 11 is 1.66. The third kappa shape index (κ3) is 3.57. The van der Waals surface area contributed by atoms with Crippen LogP contribution in [0, 0.1) is 6.92 Å². The first-order valence-electron chi connectivity index (χ1n) is 7.63. The summed E-state index contributed by atoms with van der Waals surface area (Å²) in [5.74, 6) is -0.207. The maximum Gasteiger partial charge on any atom is 0.234 e. The summed E-state index contributed by atoms with van der Waals surface area (Å²) in [7, 11) is 0. The lowest BCUT2D eigenvalue weighted by Crippen LogP contribution is -2.41. The minimum absolute atomic E-state index is 0. The van der Waals surface area contributed by atoms with Crippen LogP contribution in [0.25, 0.3) is 10.4 Å². The van der Waals surface area contributed by atoms with Crippen molar-refractivity contribution in [3.05, 3.63) is 41.0 Å². The second-order valence-corrected chi connectivity index (χ2v) is 6.72. The molecule has 1 fully saturated rings. The summed E-state index contributed by atoms with van der Waals surface area (Å²) in [6.45, 7) is 5.11. The number of aryl methyl sites for hydroxylation is 1. The number of rotatable bonds is 4. The highest BCUT2D eigenvalue weighted by Gasteiger charge is 2.32. The zero-order valence-electron chi connectivity index (χ0n) is 13.4. The van der Waals surface area contributed by atoms with Gasteiger partial charge in [-0.05, 0) is 44.4 Å². The van der Waals surface area contributed by atoms with Crippen molar-refractivity contribution >= 4 is 29.7 Å². The van der Waals surface area contributed by atoms with Crippen LogP contribution in [0.3, 0.4) is 0 Å². The van der Waals surface area contributed by atoms with Gasteiger partial charge in [0.15, 0.2) is 0 Å². The molecule has 6 heteroatoms. The third-order valence-electron chi connectivity index (χ3n) is 4.52. The minimum atomic E-state index is -0.207. The molecule has 0 spiro atoms. The van der Waals surface area contributed by atoms with Gasteiger partial charge < -0.3 is 5.73 Å². The molecule has 2 N–H and O–H groups in total. The van der Waals surface area contributed by atoms with E-state index >= 15 is 0 Å². The lowest BCUT2D eigenvalue weighted by Gasteiger charge is -2.29. The molecule has 1 aromatic heterocycles. The molecule has 1 saturated heterocycles. The molecule has 0 aliphatic carbocycles. The number of carbonyl (C=O) groups excluding carboxylic acids is 1. The SMILES string of the molecule is Cc1ncsc1-c1ccc([C@H](C)N2CCCC2C(N)=O)cc1.Cl. The third-order valence-corrected chi connectivity index (χ3v) is 5.50. The van der Waals surface area contributed by atoms with Crippen LogP contribution in [-0.2, 0) is 4.79 Å². The average molecular weight is 352 g/mol. The van der Waals surface area contributed by atoms with E-state index in [1.165, 1.54) is 16.0 Å². The summed E-state index contributed by atoms with van der Waals surface area (Å²) in [4.78, 5) is 19.3. The molecule has 1 aliphatic heterocycles. The van der Waals surface area contributed by atoms with Crippen molar-refractivity contribution in [2.45, 2.75) is 38.8 Å². The number of benzene rings is 1. The highest BCUT2D eigenvalue weighted by molar-refractivity contribution is 7.13. The molecule has 23 heavy (non-hydrogen) atoms. The van der Waals surface area contributed by atoms with Gasteiger partial charge in [-0.2, -0.15) is 0 Å². The molecule has 2 aromatic rings. The van der Waals surface area contributed by atoms with Gasteiger partial charge in [-0.3, -0.25) is 9.69 Å². The molecule has 1 aliphatic rings. The number of thiazole rings is 1. The average Bonchev–Trinajstić information content (AvgIpc) is 3.15. The number of aromatic nitrogens is 1. The Morgan fingerprint density at radius 3 is 2.65 bits per heavy atom. The molecular formula is C17H22ClN3OS. The number of halogens is 1. The van der Waals surface area contributed by atoms with Crippen molar-refractivity contribution < 1.29 is 4.79 Å². The number of primary amides is 1. The normalized spacial score (nSPS) is 19.3. The van der Waals surface area contributed by atoms with Crippen LogP contribution in [0.5, 0.6) is 0 Å². The first-order chi connectivity index (χ1) is 10.6. The van der Waals surface area contributed by atoms with Gasteiger partial charge in [0.25, 0.3) is 0 Å². The maximum absolute atomic E-state index is 11.6. The Balaban J connectivity index is 0.00000192. The molecule has 1 amide bonds. The van der Waals surface area contributed by atoms with Crippen LogP contribution in [0.15, 0.2) is 29.8 Å². The van der Waals surface area contributed by atoms with E-state index in [0.717, 1.165) is 25.1 Å². The molecule has 0 radical (unpaired) electrons. The first-order valence-corrected chi connectivity index (χ1v) is 8.51. The zero-order valence-corrected chi connectivity index (χ0v) is 15.0. The van der Waals surface area contributed by atoms with Gasteiger partial charge in [-0.15, -0.1) is 23.7 Å². The number of carbonyl (C=O) groups is 1. The summed E-state index contributed by atoms with van der Waals surface area (Å²) in [5.41, 5.74) is 10.9. The molecule has 2 heterocycles. The molecule has 2 atom stereocenters. The molecule has 4 nitrogen and oxygen atoms in total. The minimum Gasteiger partial charge on any atom is -0.368 e. The highest BCUT2D eigenvalue weighted by atomic mass is 35.5. The Labute approximate surface area is 147 Å². The Morgan fingerprint density at radius 1 is 1.39 bits per heavy atom. The fourth-order valence-electron chi connectivity index (χ4n) is 3.24. The van der Waals surface area contributed by atoms with Crippen molar-refractivity contribution in [1.29, 1.82) is 0 Å². The second-order valence-electron chi connectivity index (χ2n) is 5.86.